The van der Waals surface area contributed by atoms with Gasteiger partial charge in [-0.15, -0.1) is 0 Å². The van der Waals surface area contributed by atoms with Crippen LogP contribution in [0, 0.1) is 0 Å². The molecule has 1 heterocycles. The number of phenolic OH excluding ortho intramolecular Hbond substituents is 1. The fraction of sp³-hybridized carbons (Fsp3) is 0.417. The molecule has 2 rings (SSSR count). The lowest BCUT2D eigenvalue weighted by Gasteiger charge is -2.09. The number of carbonyl (C=O) groups is 1. The van der Waals surface area contributed by atoms with Gasteiger partial charge < -0.3 is 9.84 Å². The lowest BCUT2D eigenvalue weighted by Crippen LogP contribution is -2.05. The number of hydrogen-bond donors (Lipinski definition) is 1. The molecule has 1 atom stereocenters. The first kappa shape index (κ1) is 11.3. The Morgan fingerprint density at radius 3 is 3.00 bits per heavy atom. The molecular formula is C12H13ClO3. The summed E-state index contributed by atoms with van der Waals surface area (Å²) in [7, 11) is 0. The van der Waals surface area contributed by atoms with Crippen molar-refractivity contribution in [2.75, 3.05) is 0 Å². The average molecular weight is 241 g/mol. The molecule has 3 nitrogen and oxygen atoms in total. The highest BCUT2D eigenvalue weighted by Crippen LogP contribution is 2.43. The van der Waals surface area contributed by atoms with Gasteiger partial charge in [-0.25, -0.2) is 0 Å². The lowest BCUT2D eigenvalue weighted by molar-refractivity contribution is -0.116. The summed E-state index contributed by atoms with van der Waals surface area (Å²) in [5.41, 5.74) is 1.37. The molecule has 1 aromatic carbocycles. The van der Waals surface area contributed by atoms with Crippen molar-refractivity contribution >= 4 is 17.4 Å². The van der Waals surface area contributed by atoms with Gasteiger partial charge in [-0.3, -0.25) is 4.79 Å². The molecule has 0 amide bonds. The molecule has 0 saturated carbocycles. The van der Waals surface area contributed by atoms with Crippen LogP contribution in [0.15, 0.2) is 6.07 Å². The van der Waals surface area contributed by atoms with Crippen molar-refractivity contribution in [1.29, 1.82) is 0 Å². The van der Waals surface area contributed by atoms with Crippen molar-refractivity contribution in [2.45, 2.75) is 32.8 Å². The largest absolute Gasteiger partial charge is 0.504 e. The quantitative estimate of drug-likeness (QED) is 0.864. The van der Waals surface area contributed by atoms with Crippen molar-refractivity contribution in [2.24, 2.45) is 0 Å². The summed E-state index contributed by atoms with van der Waals surface area (Å²) in [5.74, 6) is 0.479. The Morgan fingerprint density at radius 2 is 2.38 bits per heavy atom. The number of aromatic hydroxyl groups is 1. The Balaban J connectivity index is 2.48. The Kier molecular flexibility index (Phi) is 2.80. The second-order valence-corrected chi connectivity index (χ2v) is 4.59. The number of fused-ring (bicyclic) bond motifs is 1. The van der Waals surface area contributed by atoms with E-state index in [4.69, 9.17) is 16.3 Å². The van der Waals surface area contributed by atoms with E-state index in [1.807, 2.05) is 6.92 Å². The van der Waals surface area contributed by atoms with Crippen molar-refractivity contribution in [3.63, 3.8) is 0 Å². The molecule has 0 spiro atoms. The molecule has 1 unspecified atom stereocenters. The van der Waals surface area contributed by atoms with Gasteiger partial charge in [0.1, 0.15) is 11.9 Å². The fourth-order valence-electron chi connectivity index (χ4n) is 1.96. The monoisotopic (exact) mass is 240 g/mol. The predicted octanol–water partition coefficient (Wildman–Crippen LogP) is 2.50. The number of halogens is 1. The van der Waals surface area contributed by atoms with E-state index in [2.05, 4.69) is 0 Å². The summed E-state index contributed by atoms with van der Waals surface area (Å²) in [4.78, 5) is 11.0. The number of phenols is 1. The summed E-state index contributed by atoms with van der Waals surface area (Å²) in [6, 6.07) is 1.65. The van der Waals surface area contributed by atoms with Gasteiger partial charge in [0.25, 0.3) is 0 Å². The maximum absolute atomic E-state index is 11.0. The smallest absolute Gasteiger partial charge is 0.166 e. The minimum atomic E-state index is -0.0163. The number of carbonyl (C=O) groups excluding carboxylic acids is 1. The van der Waals surface area contributed by atoms with Crippen molar-refractivity contribution in [1.82, 2.24) is 0 Å². The van der Waals surface area contributed by atoms with E-state index in [-0.39, 0.29) is 24.1 Å². The molecule has 0 aliphatic carbocycles. The van der Waals surface area contributed by atoms with E-state index >= 15 is 0 Å². The average Bonchev–Trinajstić information content (AvgIpc) is 2.56. The van der Waals surface area contributed by atoms with E-state index in [1.165, 1.54) is 6.92 Å². The Bertz CT molecular complexity index is 454. The lowest BCUT2D eigenvalue weighted by atomic mass is 10.0. The number of hydrogen-bond acceptors (Lipinski definition) is 3. The molecule has 86 valence electrons. The van der Waals surface area contributed by atoms with Crippen molar-refractivity contribution in [3.8, 4) is 11.5 Å². The second kappa shape index (κ2) is 3.98. The minimum Gasteiger partial charge on any atom is -0.504 e. The molecule has 1 N–H and O–H groups in total. The zero-order chi connectivity index (χ0) is 11.9. The van der Waals surface area contributed by atoms with E-state index in [0.29, 0.717) is 22.8 Å². The predicted molar refractivity (Wildman–Crippen MR) is 61.3 cm³/mol. The maximum atomic E-state index is 11.0. The summed E-state index contributed by atoms with van der Waals surface area (Å²) in [6.45, 7) is 3.39. The van der Waals surface area contributed by atoms with E-state index in [9.17, 15) is 9.90 Å². The normalized spacial score (nSPS) is 18.1. The third-order valence-corrected chi connectivity index (χ3v) is 2.97. The molecule has 0 saturated heterocycles. The number of ether oxygens (including phenoxy) is 1. The molecule has 0 fully saturated rings. The molecule has 4 heteroatoms. The van der Waals surface area contributed by atoms with E-state index in [1.54, 1.807) is 6.07 Å². The van der Waals surface area contributed by atoms with Crippen molar-refractivity contribution < 1.29 is 14.6 Å². The van der Waals surface area contributed by atoms with Crippen LogP contribution in [0.3, 0.4) is 0 Å². The van der Waals surface area contributed by atoms with Gasteiger partial charge in [0.05, 0.1) is 0 Å². The summed E-state index contributed by atoms with van der Waals surface area (Å²) >= 11 is 6.09. The first-order chi connectivity index (χ1) is 7.49. The van der Waals surface area contributed by atoms with Crippen LogP contribution in [0.5, 0.6) is 11.5 Å². The Morgan fingerprint density at radius 1 is 1.69 bits per heavy atom. The number of ketones is 1. The van der Waals surface area contributed by atoms with Crippen LogP contribution < -0.4 is 4.74 Å². The zero-order valence-corrected chi connectivity index (χ0v) is 9.97. The molecule has 1 aliphatic heterocycles. The molecule has 0 radical (unpaired) electrons. The third-order valence-electron chi connectivity index (χ3n) is 2.63. The molecular weight excluding hydrogens is 228 g/mol. The molecule has 1 aromatic rings. The minimum absolute atomic E-state index is 0.0163. The van der Waals surface area contributed by atoms with Crippen LogP contribution >= 0.6 is 11.6 Å². The van der Waals surface area contributed by atoms with Crippen LogP contribution in [0.2, 0.25) is 5.02 Å². The van der Waals surface area contributed by atoms with Crippen molar-refractivity contribution in [3.05, 3.63) is 22.2 Å². The summed E-state index contributed by atoms with van der Waals surface area (Å²) in [6.07, 6.45) is 0.893. The Hall–Kier alpha value is -1.22. The van der Waals surface area contributed by atoms with Gasteiger partial charge in [0.2, 0.25) is 0 Å². The fourth-order valence-corrected chi connectivity index (χ4v) is 2.25. The van der Waals surface area contributed by atoms with Gasteiger partial charge in [-0.1, -0.05) is 11.6 Å². The standard InChI is InChI=1S/C12H13ClO3/c1-6(14)3-8-5-10(13)9-4-7(2)16-12(9)11(8)15/h5,7,15H,3-4H2,1-2H3. The highest BCUT2D eigenvalue weighted by Gasteiger charge is 2.27. The SMILES string of the molecule is CC(=O)Cc1cc(Cl)c2c(c1O)OC(C)C2. The van der Waals surface area contributed by atoms with Gasteiger partial charge in [0, 0.05) is 29.0 Å². The number of benzene rings is 1. The van der Waals surface area contributed by atoms with Crippen LogP contribution in [0.25, 0.3) is 0 Å². The maximum Gasteiger partial charge on any atom is 0.166 e. The van der Waals surface area contributed by atoms with Crippen LogP contribution in [0.1, 0.15) is 25.0 Å². The first-order valence-electron chi connectivity index (χ1n) is 5.18. The third kappa shape index (κ3) is 1.87. The van der Waals surface area contributed by atoms with Crippen LogP contribution in [-0.2, 0) is 17.6 Å². The van der Waals surface area contributed by atoms with Gasteiger partial charge >= 0.3 is 0 Å². The zero-order valence-electron chi connectivity index (χ0n) is 9.21. The number of rotatable bonds is 2. The first-order valence-corrected chi connectivity index (χ1v) is 5.56. The molecule has 16 heavy (non-hydrogen) atoms. The highest BCUT2D eigenvalue weighted by atomic mass is 35.5. The van der Waals surface area contributed by atoms with Gasteiger partial charge in [-0.05, 0) is 19.9 Å². The highest BCUT2D eigenvalue weighted by molar-refractivity contribution is 6.31. The topological polar surface area (TPSA) is 46.5 Å². The van der Waals surface area contributed by atoms with Gasteiger partial charge in [0.15, 0.2) is 11.5 Å². The molecule has 0 bridgehead atoms. The second-order valence-electron chi connectivity index (χ2n) is 4.19. The summed E-state index contributed by atoms with van der Waals surface area (Å²) < 4.78 is 5.49. The van der Waals surface area contributed by atoms with Crippen LogP contribution in [0.4, 0.5) is 0 Å². The summed E-state index contributed by atoms with van der Waals surface area (Å²) in [5, 5.41) is 10.5. The molecule has 0 aromatic heterocycles. The van der Waals surface area contributed by atoms with E-state index < -0.39 is 0 Å². The van der Waals surface area contributed by atoms with Gasteiger partial charge in [-0.2, -0.15) is 0 Å². The Labute approximate surface area is 99.0 Å². The van der Waals surface area contributed by atoms with E-state index in [0.717, 1.165) is 5.56 Å². The van der Waals surface area contributed by atoms with Crippen LogP contribution in [-0.4, -0.2) is 17.0 Å². The number of Topliss-reactive ketones (excluding diaryl/α,β-unsaturated/α-hetero) is 1. The molecule has 1 aliphatic rings.